The van der Waals surface area contributed by atoms with Gasteiger partial charge >= 0.3 is 0 Å². The Balaban J connectivity index is 1.76. The minimum absolute atomic E-state index is 0.0744. The van der Waals surface area contributed by atoms with E-state index in [2.05, 4.69) is 21.2 Å². The fourth-order valence-corrected chi connectivity index (χ4v) is 3.39. The molecular weight excluding hydrogens is 420 g/mol. The molecule has 3 rings (SSSR count). The predicted molar refractivity (Wildman–Crippen MR) is 113 cm³/mol. The van der Waals surface area contributed by atoms with Crippen molar-refractivity contribution < 1.29 is 14.0 Å². The molecular formula is C22H23BrN2O3. The molecule has 1 aromatic heterocycles. The highest BCUT2D eigenvalue weighted by molar-refractivity contribution is 9.10. The van der Waals surface area contributed by atoms with Crippen molar-refractivity contribution in [2.75, 3.05) is 7.05 Å². The van der Waals surface area contributed by atoms with Crippen LogP contribution in [0.2, 0.25) is 0 Å². The number of nitrogens with zero attached hydrogens (tertiary/aromatic N) is 1. The fraction of sp³-hybridized carbons (Fsp3) is 0.273. The van der Waals surface area contributed by atoms with E-state index < -0.39 is 0 Å². The van der Waals surface area contributed by atoms with Crippen LogP contribution in [-0.4, -0.2) is 23.8 Å². The van der Waals surface area contributed by atoms with Crippen molar-refractivity contribution in [3.05, 3.63) is 70.4 Å². The Morgan fingerprint density at radius 1 is 1.14 bits per heavy atom. The number of fused-ring (bicyclic) bond motifs is 1. The molecule has 146 valence electrons. The number of hydrogen-bond acceptors (Lipinski definition) is 3. The Morgan fingerprint density at radius 3 is 2.46 bits per heavy atom. The summed E-state index contributed by atoms with van der Waals surface area (Å²) in [6.07, 6.45) is 0.169. The van der Waals surface area contributed by atoms with Crippen molar-refractivity contribution >= 4 is 38.7 Å². The van der Waals surface area contributed by atoms with Gasteiger partial charge in [0.1, 0.15) is 11.3 Å². The summed E-state index contributed by atoms with van der Waals surface area (Å²) in [6.45, 7) is 3.39. The lowest BCUT2D eigenvalue weighted by atomic mass is 10.0. The zero-order valence-electron chi connectivity index (χ0n) is 16.1. The SMILES string of the molecule is CC(=O)NC(CC(=O)N(C)C(C)c1cc2ccccc2o1)c1ccc(Br)cc1. The van der Waals surface area contributed by atoms with Gasteiger partial charge in [-0.1, -0.05) is 46.3 Å². The van der Waals surface area contributed by atoms with Crippen LogP contribution in [0.15, 0.2) is 63.5 Å². The van der Waals surface area contributed by atoms with Gasteiger partial charge in [-0.15, -0.1) is 0 Å². The molecule has 0 aliphatic rings. The topological polar surface area (TPSA) is 62.6 Å². The summed E-state index contributed by atoms with van der Waals surface area (Å²) in [4.78, 5) is 26.2. The third-order valence-corrected chi connectivity index (χ3v) is 5.39. The highest BCUT2D eigenvalue weighted by Gasteiger charge is 2.24. The second-order valence-electron chi connectivity index (χ2n) is 6.88. The molecule has 0 aliphatic heterocycles. The van der Waals surface area contributed by atoms with Crippen molar-refractivity contribution in [3.8, 4) is 0 Å². The van der Waals surface area contributed by atoms with Crippen LogP contribution in [0.5, 0.6) is 0 Å². The molecule has 2 unspecified atom stereocenters. The van der Waals surface area contributed by atoms with Gasteiger partial charge in [0.2, 0.25) is 11.8 Å². The van der Waals surface area contributed by atoms with Crippen LogP contribution in [0.25, 0.3) is 11.0 Å². The molecule has 1 heterocycles. The van der Waals surface area contributed by atoms with Gasteiger partial charge in [0.25, 0.3) is 0 Å². The number of carbonyl (C=O) groups is 2. The van der Waals surface area contributed by atoms with Gasteiger partial charge in [-0.3, -0.25) is 9.59 Å². The van der Waals surface area contributed by atoms with Gasteiger partial charge in [-0.2, -0.15) is 0 Å². The number of benzene rings is 2. The molecule has 0 saturated heterocycles. The first-order valence-electron chi connectivity index (χ1n) is 9.12. The van der Waals surface area contributed by atoms with Gasteiger partial charge in [0.15, 0.2) is 0 Å². The molecule has 5 nitrogen and oxygen atoms in total. The summed E-state index contributed by atoms with van der Waals surface area (Å²) in [5.74, 6) is 0.486. The molecule has 0 saturated carbocycles. The second kappa shape index (κ2) is 8.61. The highest BCUT2D eigenvalue weighted by atomic mass is 79.9. The van der Waals surface area contributed by atoms with Crippen LogP contribution < -0.4 is 5.32 Å². The van der Waals surface area contributed by atoms with Crippen molar-refractivity contribution in [2.24, 2.45) is 0 Å². The van der Waals surface area contributed by atoms with E-state index >= 15 is 0 Å². The van der Waals surface area contributed by atoms with Crippen LogP contribution in [-0.2, 0) is 9.59 Å². The van der Waals surface area contributed by atoms with Gasteiger partial charge in [0.05, 0.1) is 18.5 Å². The van der Waals surface area contributed by atoms with Gasteiger partial charge in [0, 0.05) is 23.8 Å². The molecule has 0 radical (unpaired) electrons. The summed E-state index contributed by atoms with van der Waals surface area (Å²) in [6, 6.07) is 16.7. The van der Waals surface area contributed by atoms with E-state index in [0.29, 0.717) is 0 Å². The van der Waals surface area contributed by atoms with E-state index in [4.69, 9.17) is 4.42 Å². The van der Waals surface area contributed by atoms with Crippen molar-refractivity contribution in [1.82, 2.24) is 10.2 Å². The first-order valence-corrected chi connectivity index (χ1v) is 9.91. The molecule has 0 fully saturated rings. The summed E-state index contributed by atoms with van der Waals surface area (Å²) in [7, 11) is 1.76. The van der Waals surface area contributed by atoms with Gasteiger partial charge in [-0.25, -0.2) is 0 Å². The Labute approximate surface area is 172 Å². The summed E-state index contributed by atoms with van der Waals surface area (Å²) < 4.78 is 6.84. The van der Waals surface area contributed by atoms with Crippen molar-refractivity contribution in [1.29, 1.82) is 0 Å². The number of carbonyl (C=O) groups excluding carboxylic acids is 2. The van der Waals surface area contributed by atoms with Crippen molar-refractivity contribution in [2.45, 2.75) is 32.4 Å². The second-order valence-corrected chi connectivity index (χ2v) is 7.79. The number of rotatable bonds is 6. The maximum Gasteiger partial charge on any atom is 0.225 e. The molecule has 0 aliphatic carbocycles. The maximum absolute atomic E-state index is 12.9. The first kappa shape index (κ1) is 20.1. The fourth-order valence-electron chi connectivity index (χ4n) is 3.13. The lowest BCUT2D eigenvalue weighted by Gasteiger charge is -2.26. The summed E-state index contributed by atoms with van der Waals surface area (Å²) in [5, 5.41) is 3.89. The maximum atomic E-state index is 12.9. The van der Waals surface area contributed by atoms with Crippen LogP contribution in [0.4, 0.5) is 0 Å². The van der Waals surface area contributed by atoms with Crippen molar-refractivity contribution in [3.63, 3.8) is 0 Å². The quantitative estimate of drug-likeness (QED) is 0.585. The van der Waals surface area contributed by atoms with E-state index in [-0.39, 0.29) is 30.3 Å². The molecule has 0 spiro atoms. The summed E-state index contributed by atoms with van der Waals surface area (Å²) >= 11 is 3.41. The standard InChI is InChI=1S/C22H23BrN2O3/c1-14(21-12-17-6-4-5-7-20(17)28-21)25(3)22(27)13-19(24-15(2)26)16-8-10-18(23)11-9-16/h4-12,14,19H,13H2,1-3H3,(H,24,26). The minimum Gasteiger partial charge on any atom is -0.459 e. The van der Waals surface area contributed by atoms with Crippen LogP contribution >= 0.6 is 15.9 Å². The zero-order chi connectivity index (χ0) is 20.3. The average molecular weight is 443 g/mol. The third-order valence-electron chi connectivity index (χ3n) is 4.86. The first-order chi connectivity index (χ1) is 13.3. The Kier molecular flexibility index (Phi) is 6.19. The van der Waals surface area contributed by atoms with Gasteiger partial charge in [-0.05, 0) is 36.8 Å². The molecule has 3 aromatic rings. The molecule has 0 bridgehead atoms. The Morgan fingerprint density at radius 2 is 1.82 bits per heavy atom. The number of furan rings is 1. The summed E-state index contributed by atoms with van der Waals surface area (Å²) in [5.41, 5.74) is 1.69. The van der Waals surface area contributed by atoms with Crippen LogP contribution in [0, 0.1) is 0 Å². The molecule has 2 atom stereocenters. The molecule has 2 aromatic carbocycles. The molecule has 6 heteroatoms. The van der Waals surface area contributed by atoms with Gasteiger partial charge < -0.3 is 14.6 Å². The molecule has 28 heavy (non-hydrogen) atoms. The Bertz CT molecular complexity index is 948. The van der Waals surface area contributed by atoms with E-state index in [0.717, 1.165) is 26.8 Å². The third kappa shape index (κ3) is 4.62. The largest absolute Gasteiger partial charge is 0.459 e. The number of amides is 2. The van der Waals surface area contributed by atoms with E-state index in [1.165, 1.54) is 6.92 Å². The van der Waals surface area contributed by atoms with E-state index in [1.54, 1.807) is 11.9 Å². The number of nitrogens with one attached hydrogen (secondary N) is 1. The average Bonchev–Trinajstić information content (AvgIpc) is 3.10. The molecule has 1 N–H and O–H groups in total. The zero-order valence-corrected chi connectivity index (χ0v) is 17.7. The Hall–Kier alpha value is -2.60. The van der Waals surface area contributed by atoms with E-state index in [1.807, 2.05) is 61.5 Å². The number of hydrogen-bond donors (Lipinski definition) is 1. The monoisotopic (exact) mass is 442 g/mol. The van der Waals surface area contributed by atoms with Crippen LogP contribution in [0.3, 0.4) is 0 Å². The smallest absolute Gasteiger partial charge is 0.225 e. The predicted octanol–water partition coefficient (Wildman–Crippen LogP) is 4.98. The van der Waals surface area contributed by atoms with E-state index in [9.17, 15) is 9.59 Å². The number of para-hydroxylation sites is 1. The lowest BCUT2D eigenvalue weighted by molar-refractivity contribution is -0.133. The number of halogens is 1. The minimum atomic E-state index is -0.386. The molecule has 2 amide bonds. The van der Waals surface area contributed by atoms with Crippen LogP contribution in [0.1, 0.15) is 43.7 Å². The normalized spacial score (nSPS) is 13.1. The highest BCUT2D eigenvalue weighted by Crippen LogP contribution is 2.28. The lowest BCUT2D eigenvalue weighted by Crippen LogP contribution is -2.35.